The smallest absolute Gasteiger partial charge is 0.225 e. The number of carbonyl (C=O) groups excluding carboxylic acids is 3. The molecule has 1 aliphatic heterocycles. The Hall–Kier alpha value is -2.17. The normalized spacial score (nSPS) is 15.3. The first-order valence-electron chi connectivity index (χ1n) is 9.05. The van der Waals surface area contributed by atoms with Gasteiger partial charge in [0, 0.05) is 43.5 Å². The predicted octanol–water partition coefficient (Wildman–Crippen LogP) is 2.72. The molecule has 2 amide bonds. The van der Waals surface area contributed by atoms with Crippen molar-refractivity contribution >= 4 is 17.6 Å². The standard InChI is InChI=1S/C20H28N2O3/c1-14(2)20(25)22-12-10-17(11-13-22)21-19(24)9-8-18(23)16-6-4-15(3)5-7-16/h4-7,14,17H,8-13H2,1-3H3,(H,21,24). The zero-order valence-corrected chi connectivity index (χ0v) is 15.4. The first-order valence-corrected chi connectivity index (χ1v) is 9.05. The average molecular weight is 344 g/mol. The lowest BCUT2D eigenvalue weighted by Gasteiger charge is -2.33. The number of Topliss-reactive ketones (excluding diaryl/α,β-unsaturated/α-hetero) is 1. The molecule has 1 saturated heterocycles. The largest absolute Gasteiger partial charge is 0.353 e. The number of ketones is 1. The highest BCUT2D eigenvalue weighted by Crippen LogP contribution is 2.14. The van der Waals surface area contributed by atoms with Gasteiger partial charge in [-0.3, -0.25) is 14.4 Å². The summed E-state index contributed by atoms with van der Waals surface area (Å²) in [6, 6.07) is 7.51. The molecular weight excluding hydrogens is 316 g/mol. The number of nitrogens with zero attached hydrogens (tertiary/aromatic N) is 1. The van der Waals surface area contributed by atoms with Crippen LogP contribution in [0.25, 0.3) is 0 Å². The first kappa shape index (κ1) is 19.2. The van der Waals surface area contributed by atoms with Crippen LogP contribution in [0, 0.1) is 12.8 Å². The summed E-state index contributed by atoms with van der Waals surface area (Å²) >= 11 is 0. The van der Waals surface area contributed by atoms with Gasteiger partial charge in [0.15, 0.2) is 5.78 Å². The third-order valence-electron chi connectivity index (χ3n) is 4.62. The van der Waals surface area contributed by atoms with E-state index in [0.29, 0.717) is 18.7 Å². The predicted molar refractivity (Wildman–Crippen MR) is 97.3 cm³/mol. The molecule has 136 valence electrons. The number of likely N-dealkylation sites (tertiary alicyclic amines) is 1. The molecule has 0 aliphatic carbocycles. The van der Waals surface area contributed by atoms with Crippen LogP contribution in [0.1, 0.15) is 55.5 Å². The SMILES string of the molecule is Cc1ccc(C(=O)CCC(=O)NC2CCN(C(=O)C(C)C)CC2)cc1. The minimum atomic E-state index is -0.0888. The van der Waals surface area contributed by atoms with E-state index >= 15 is 0 Å². The van der Waals surface area contributed by atoms with Gasteiger partial charge in [-0.1, -0.05) is 43.7 Å². The number of benzene rings is 1. The first-order chi connectivity index (χ1) is 11.9. The van der Waals surface area contributed by atoms with Gasteiger partial charge < -0.3 is 10.2 Å². The van der Waals surface area contributed by atoms with Gasteiger partial charge in [-0.25, -0.2) is 0 Å². The van der Waals surface area contributed by atoms with Gasteiger partial charge >= 0.3 is 0 Å². The van der Waals surface area contributed by atoms with E-state index in [-0.39, 0.29) is 42.4 Å². The van der Waals surface area contributed by atoms with Crippen LogP contribution in [0.4, 0.5) is 0 Å². The number of aryl methyl sites for hydroxylation is 1. The molecule has 5 nitrogen and oxygen atoms in total. The van der Waals surface area contributed by atoms with Gasteiger partial charge in [-0.2, -0.15) is 0 Å². The van der Waals surface area contributed by atoms with E-state index in [1.165, 1.54) is 0 Å². The fraction of sp³-hybridized carbons (Fsp3) is 0.550. The summed E-state index contributed by atoms with van der Waals surface area (Å²) in [6.07, 6.45) is 1.98. The fourth-order valence-corrected chi connectivity index (χ4v) is 3.02. The Morgan fingerprint density at radius 1 is 1.08 bits per heavy atom. The molecule has 1 fully saturated rings. The molecule has 0 atom stereocenters. The molecular formula is C20H28N2O3. The van der Waals surface area contributed by atoms with Gasteiger partial charge in [0.1, 0.15) is 0 Å². The van der Waals surface area contributed by atoms with Gasteiger partial charge in [0.2, 0.25) is 11.8 Å². The Kier molecular flexibility index (Phi) is 6.73. The number of hydrogen-bond donors (Lipinski definition) is 1. The van der Waals surface area contributed by atoms with E-state index in [1.807, 2.05) is 37.8 Å². The van der Waals surface area contributed by atoms with Crippen LogP contribution < -0.4 is 5.32 Å². The summed E-state index contributed by atoms with van der Waals surface area (Å²) in [4.78, 5) is 38.0. The van der Waals surface area contributed by atoms with Gasteiger partial charge in [0.05, 0.1) is 0 Å². The molecule has 1 aromatic rings. The quantitative estimate of drug-likeness (QED) is 0.807. The molecule has 25 heavy (non-hydrogen) atoms. The Labute approximate surface area is 149 Å². The van der Waals surface area contributed by atoms with E-state index < -0.39 is 0 Å². The summed E-state index contributed by atoms with van der Waals surface area (Å²) in [7, 11) is 0. The minimum absolute atomic E-state index is 0.00695. The van der Waals surface area contributed by atoms with Crippen molar-refractivity contribution in [3.05, 3.63) is 35.4 Å². The summed E-state index contributed by atoms with van der Waals surface area (Å²) in [5.41, 5.74) is 1.76. The topological polar surface area (TPSA) is 66.5 Å². The summed E-state index contributed by atoms with van der Waals surface area (Å²) in [5.74, 6) is 0.0917. The molecule has 0 bridgehead atoms. The molecule has 2 rings (SSSR count). The minimum Gasteiger partial charge on any atom is -0.353 e. The second kappa shape index (κ2) is 8.79. The maximum absolute atomic E-state index is 12.1. The lowest BCUT2D eigenvalue weighted by molar-refractivity contribution is -0.135. The van der Waals surface area contributed by atoms with Gasteiger partial charge in [-0.05, 0) is 19.8 Å². The number of nitrogens with one attached hydrogen (secondary N) is 1. The molecule has 0 unspecified atom stereocenters. The number of hydrogen-bond acceptors (Lipinski definition) is 3. The Morgan fingerprint density at radius 2 is 1.68 bits per heavy atom. The van der Waals surface area contributed by atoms with Gasteiger partial charge in [0.25, 0.3) is 0 Å². The Bertz CT molecular complexity index is 614. The van der Waals surface area contributed by atoms with Crippen LogP contribution in [0.2, 0.25) is 0 Å². The number of carbonyl (C=O) groups is 3. The lowest BCUT2D eigenvalue weighted by atomic mass is 10.0. The average Bonchev–Trinajstić information content (AvgIpc) is 2.60. The van der Waals surface area contributed by atoms with Crippen molar-refractivity contribution in [1.29, 1.82) is 0 Å². The van der Waals surface area contributed by atoms with E-state index in [1.54, 1.807) is 12.1 Å². The van der Waals surface area contributed by atoms with Crippen molar-refractivity contribution in [1.82, 2.24) is 10.2 Å². The lowest BCUT2D eigenvalue weighted by Crippen LogP contribution is -2.47. The zero-order valence-electron chi connectivity index (χ0n) is 15.4. The molecule has 0 radical (unpaired) electrons. The van der Waals surface area contributed by atoms with Gasteiger partial charge in [-0.15, -0.1) is 0 Å². The molecule has 0 spiro atoms. The number of rotatable bonds is 6. The highest BCUT2D eigenvalue weighted by molar-refractivity contribution is 5.98. The van der Waals surface area contributed by atoms with Crippen molar-refractivity contribution < 1.29 is 14.4 Å². The number of amides is 2. The van der Waals surface area contributed by atoms with Crippen molar-refractivity contribution in [2.75, 3.05) is 13.1 Å². The van der Waals surface area contributed by atoms with Crippen molar-refractivity contribution in [3.8, 4) is 0 Å². The third kappa shape index (κ3) is 5.69. The Balaban J connectivity index is 1.71. The molecule has 0 aromatic heterocycles. The van der Waals surface area contributed by atoms with E-state index in [4.69, 9.17) is 0 Å². The summed E-state index contributed by atoms with van der Waals surface area (Å²) in [5, 5.41) is 2.99. The Morgan fingerprint density at radius 3 is 2.24 bits per heavy atom. The molecule has 1 heterocycles. The zero-order chi connectivity index (χ0) is 18.4. The maximum atomic E-state index is 12.1. The molecule has 5 heteroatoms. The molecule has 1 aliphatic rings. The molecule has 1 N–H and O–H groups in total. The van der Waals surface area contributed by atoms with Crippen LogP contribution in [0.5, 0.6) is 0 Å². The van der Waals surface area contributed by atoms with Crippen LogP contribution in [-0.4, -0.2) is 41.6 Å². The van der Waals surface area contributed by atoms with E-state index in [2.05, 4.69) is 5.32 Å². The molecule has 0 saturated carbocycles. The van der Waals surface area contributed by atoms with E-state index in [9.17, 15) is 14.4 Å². The number of piperidine rings is 1. The fourth-order valence-electron chi connectivity index (χ4n) is 3.02. The third-order valence-corrected chi connectivity index (χ3v) is 4.62. The van der Waals surface area contributed by atoms with Crippen LogP contribution in [0.15, 0.2) is 24.3 Å². The van der Waals surface area contributed by atoms with E-state index in [0.717, 1.165) is 18.4 Å². The van der Waals surface area contributed by atoms with Crippen molar-refractivity contribution in [3.63, 3.8) is 0 Å². The highest BCUT2D eigenvalue weighted by Gasteiger charge is 2.25. The van der Waals surface area contributed by atoms with Crippen molar-refractivity contribution in [2.24, 2.45) is 5.92 Å². The second-order valence-electron chi connectivity index (χ2n) is 7.11. The monoisotopic (exact) mass is 344 g/mol. The maximum Gasteiger partial charge on any atom is 0.225 e. The van der Waals surface area contributed by atoms with Crippen molar-refractivity contribution in [2.45, 2.75) is 52.5 Å². The van der Waals surface area contributed by atoms with Crippen LogP contribution in [0.3, 0.4) is 0 Å². The highest BCUT2D eigenvalue weighted by atomic mass is 16.2. The molecule has 1 aromatic carbocycles. The summed E-state index contributed by atoms with van der Waals surface area (Å²) in [6.45, 7) is 7.15. The second-order valence-corrected chi connectivity index (χ2v) is 7.11. The summed E-state index contributed by atoms with van der Waals surface area (Å²) < 4.78 is 0. The van der Waals surface area contributed by atoms with Crippen LogP contribution in [-0.2, 0) is 9.59 Å². The van der Waals surface area contributed by atoms with Crippen LogP contribution >= 0.6 is 0 Å².